The number of hydrogen-bond donors (Lipinski definition) is 1. The van der Waals surface area contributed by atoms with Crippen molar-refractivity contribution in [1.29, 1.82) is 0 Å². The first-order valence-electron chi connectivity index (χ1n) is 12.4. The zero-order valence-electron chi connectivity index (χ0n) is 19.5. The molecule has 0 bridgehead atoms. The molecule has 0 saturated heterocycles. The van der Waals surface area contributed by atoms with Crippen molar-refractivity contribution in [3.63, 3.8) is 0 Å². The molecule has 0 aromatic carbocycles. The molecule has 3 nitrogen and oxygen atoms in total. The summed E-state index contributed by atoms with van der Waals surface area (Å²) in [6, 6.07) is 0. The SMILES string of the molecule is CO[C@@H]1CC[C@@]2(C)[C@@H](C1)C[C@H](O)[C@@H]1[C@@H]2CC[C@]2(C)C(C(C)CCC(C)=O)CC[C@@H]12. The number of carbonyl (C=O) groups is 1. The number of rotatable bonds is 5. The largest absolute Gasteiger partial charge is 0.393 e. The number of aliphatic hydroxyl groups is 1. The van der Waals surface area contributed by atoms with Crippen LogP contribution in [0.2, 0.25) is 0 Å². The normalized spacial score (nSPS) is 50.3. The molecule has 0 aromatic rings. The summed E-state index contributed by atoms with van der Waals surface area (Å²) in [6.45, 7) is 9.20. The van der Waals surface area contributed by atoms with Crippen LogP contribution in [-0.2, 0) is 9.53 Å². The molecular weight excluding hydrogens is 360 g/mol. The van der Waals surface area contributed by atoms with E-state index in [1.165, 1.54) is 38.5 Å². The van der Waals surface area contributed by atoms with Crippen LogP contribution in [0.1, 0.15) is 91.9 Å². The third-order valence-electron chi connectivity index (χ3n) is 10.7. The van der Waals surface area contributed by atoms with Gasteiger partial charge in [-0.15, -0.1) is 0 Å². The van der Waals surface area contributed by atoms with Crippen molar-refractivity contribution >= 4 is 5.78 Å². The standard InChI is InChI=1S/C26H44O3/c1-16(6-7-17(2)27)20-8-9-21-24-22(11-13-26(20,21)4)25(3)12-10-19(29-5)14-18(25)15-23(24)28/h16,18-24,28H,6-15H2,1-5H3/t16?,18-,19+,20?,21-,22-,23-,24-,25-,26+/m0/s1. The van der Waals surface area contributed by atoms with Gasteiger partial charge < -0.3 is 14.6 Å². The van der Waals surface area contributed by atoms with Crippen molar-refractivity contribution in [1.82, 2.24) is 0 Å². The van der Waals surface area contributed by atoms with Crippen LogP contribution in [-0.4, -0.2) is 30.2 Å². The maximum atomic E-state index is 11.5. The van der Waals surface area contributed by atoms with Gasteiger partial charge in [-0.3, -0.25) is 0 Å². The number of fused-ring (bicyclic) bond motifs is 5. The summed E-state index contributed by atoms with van der Waals surface area (Å²) >= 11 is 0. The van der Waals surface area contributed by atoms with Crippen molar-refractivity contribution in [3.05, 3.63) is 0 Å². The Labute approximate surface area is 178 Å². The number of aliphatic hydroxyl groups excluding tert-OH is 1. The van der Waals surface area contributed by atoms with Gasteiger partial charge in [0.1, 0.15) is 5.78 Å². The van der Waals surface area contributed by atoms with Gasteiger partial charge in [-0.1, -0.05) is 20.8 Å². The molecule has 1 N–H and O–H groups in total. The minimum atomic E-state index is -0.135. The molecule has 3 heteroatoms. The number of hydrogen-bond acceptors (Lipinski definition) is 3. The van der Waals surface area contributed by atoms with E-state index in [1.807, 2.05) is 7.11 Å². The molecule has 29 heavy (non-hydrogen) atoms. The lowest BCUT2D eigenvalue weighted by Gasteiger charge is -2.62. The van der Waals surface area contributed by atoms with Crippen LogP contribution in [0, 0.1) is 46.3 Å². The first kappa shape index (κ1) is 21.8. The van der Waals surface area contributed by atoms with Gasteiger partial charge in [-0.25, -0.2) is 0 Å². The fourth-order valence-electron chi connectivity index (χ4n) is 9.00. The molecule has 2 unspecified atom stereocenters. The number of Topliss-reactive ketones (excluding diaryl/α,β-unsaturated/α-hetero) is 1. The van der Waals surface area contributed by atoms with E-state index in [0.29, 0.717) is 52.3 Å². The second-order valence-electron chi connectivity index (χ2n) is 11.9. The Balaban J connectivity index is 1.54. The van der Waals surface area contributed by atoms with E-state index in [-0.39, 0.29) is 6.10 Å². The van der Waals surface area contributed by atoms with Crippen LogP contribution in [0.4, 0.5) is 0 Å². The van der Waals surface area contributed by atoms with Crippen LogP contribution >= 0.6 is 0 Å². The summed E-state index contributed by atoms with van der Waals surface area (Å²) in [5, 5.41) is 11.4. The Hall–Kier alpha value is -0.410. The molecule has 4 aliphatic rings. The van der Waals surface area contributed by atoms with Crippen molar-refractivity contribution < 1.29 is 14.6 Å². The maximum absolute atomic E-state index is 11.5. The predicted octanol–water partition coefficient (Wildman–Crippen LogP) is 5.64. The Morgan fingerprint density at radius 3 is 2.45 bits per heavy atom. The summed E-state index contributed by atoms with van der Waals surface area (Å²) < 4.78 is 5.72. The monoisotopic (exact) mass is 404 g/mol. The van der Waals surface area contributed by atoms with Crippen LogP contribution in [0.5, 0.6) is 0 Å². The van der Waals surface area contributed by atoms with Crippen LogP contribution in [0.3, 0.4) is 0 Å². The minimum Gasteiger partial charge on any atom is -0.393 e. The third-order valence-corrected chi connectivity index (χ3v) is 10.7. The summed E-state index contributed by atoms with van der Waals surface area (Å²) in [5.74, 6) is 4.11. The van der Waals surface area contributed by atoms with E-state index in [0.717, 1.165) is 31.6 Å². The number of methoxy groups -OCH3 is 1. The van der Waals surface area contributed by atoms with Crippen LogP contribution in [0.15, 0.2) is 0 Å². The molecule has 0 radical (unpaired) electrons. The summed E-state index contributed by atoms with van der Waals surface area (Å²) in [4.78, 5) is 11.5. The highest BCUT2D eigenvalue weighted by Crippen LogP contribution is 2.68. The molecule has 0 aromatic heterocycles. The van der Waals surface area contributed by atoms with Gasteiger partial charge in [0.2, 0.25) is 0 Å². The Morgan fingerprint density at radius 2 is 1.76 bits per heavy atom. The van der Waals surface area contributed by atoms with E-state index in [4.69, 9.17) is 4.74 Å². The molecule has 4 fully saturated rings. The van der Waals surface area contributed by atoms with E-state index in [2.05, 4.69) is 20.8 Å². The Bertz CT molecular complexity index is 617. The Kier molecular flexibility index (Phi) is 5.97. The highest BCUT2D eigenvalue weighted by molar-refractivity contribution is 5.75. The van der Waals surface area contributed by atoms with Crippen LogP contribution < -0.4 is 0 Å². The Morgan fingerprint density at radius 1 is 1.07 bits per heavy atom. The predicted molar refractivity (Wildman–Crippen MR) is 116 cm³/mol. The molecule has 0 spiro atoms. The van der Waals surface area contributed by atoms with Gasteiger partial charge in [0.25, 0.3) is 0 Å². The molecule has 0 amide bonds. The fourth-order valence-corrected chi connectivity index (χ4v) is 9.00. The molecule has 4 rings (SSSR count). The van der Waals surface area contributed by atoms with Gasteiger partial charge in [-0.05, 0) is 111 Å². The van der Waals surface area contributed by atoms with Gasteiger partial charge in [0, 0.05) is 13.5 Å². The van der Waals surface area contributed by atoms with Gasteiger partial charge in [0.15, 0.2) is 0 Å². The summed E-state index contributed by atoms with van der Waals surface area (Å²) in [5.41, 5.74) is 0.740. The maximum Gasteiger partial charge on any atom is 0.129 e. The number of carbonyl (C=O) groups excluding carboxylic acids is 1. The van der Waals surface area contributed by atoms with Gasteiger partial charge in [-0.2, -0.15) is 0 Å². The smallest absolute Gasteiger partial charge is 0.129 e. The number of ether oxygens (including phenoxy) is 1. The fraction of sp³-hybridized carbons (Fsp3) is 0.962. The quantitative estimate of drug-likeness (QED) is 0.645. The molecule has 4 saturated carbocycles. The molecule has 10 atom stereocenters. The summed E-state index contributed by atoms with van der Waals surface area (Å²) in [6.07, 6.45) is 11.8. The molecule has 0 heterocycles. The highest BCUT2D eigenvalue weighted by atomic mass is 16.5. The second kappa shape index (κ2) is 7.93. The zero-order chi connectivity index (χ0) is 21.0. The lowest BCUT2D eigenvalue weighted by Crippen LogP contribution is -2.58. The van der Waals surface area contributed by atoms with Crippen molar-refractivity contribution in [3.8, 4) is 0 Å². The van der Waals surface area contributed by atoms with Crippen LogP contribution in [0.25, 0.3) is 0 Å². The minimum absolute atomic E-state index is 0.135. The summed E-state index contributed by atoms with van der Waals surface area (Å²) in [7, 11) is 1.85. The third kappa shape index (κ3) is 3.53. The molecule has 4 aliphatic carbocycles. The first-order valence-corrected chi connectivity index (χ1v) is 12.4. The lowest BCUT2D eigenvalue weighted by atomic mass is 9.43. The topological polar surface area (TPSA) is 46.5 Å². The average Bonchev–Trinajstić information content (AvgIpc) is 3.03. The second-order valence-corrected chi connectivity index (χ2v) is 11.9. The first-order chi connectivity index (χ1) is 13.7. The van der Waals surface area contributed by atoms with E-state index in [1.54, 1.807) is 6.92 Å². The van der Waals surface area contributed by atoms with E-state index in [9.17, 15) is 9.90 Å². The van der Waals surface area contributed by atoms with Crippen molar-refractivity contribution in [2.75, 3.05) is 7.11 Å². The average molecular weight is 405 g/mol. The van der Waals surface area contributed by atoms with Gasteiger partial charge >= 0.3 is 0 Å². The van der Waals surface area contributed by atoms with E-state index >= 15 is 0 Å². The van der Waals surface area contributed by atoms with E-state index < -0.39 is 0 Å². The van der Waals surface area contributed by atoms with Crippen molar-refractivity contribution in [2.24, 2.45) is 46.3 Å². The molecule has 0 aliphatic heterocycles. The highest BCUT2D eigenvalue weighted by Gasteiger charge is 2.62. The molecule has 166 valence electrons. The zero-order valence-corrected chi connectivity index (χ0v) is 19.5. The molecular formula is C26H44O3. The van der Waals surface area contributed by atoms with Crippen molar-refractivity contribution in [2.45, 2.75) is 104 Å². The number of ketones is 1. The lowest BCUT2D eigenvalue weighted by molar-refractivity contribution is -0.176. The van der Waals surface area contributed by atoms with Gasteiger partial charge in [0.05, 0.1) is 12.2 Å².